The van der Waals surface area contributed by atoms with Crippen LogP contribution in [0.15, 0.2) is 34.2 Å². The van der Waals surface area contributed by atoms with Crippen molar-refractivity contribution in [2.75, 3.05) is 0 Å². The zero-order valence-electron chi connectivity index (χ0n) is 15.6. The molecule has 2 rings (SSSR count). The number of nitrogens with zero attached hydrogens (tertiary/aromatic N) is 2. The monoisotopic (exact) mass is 406 g/mol. The molecule has 0 aliphatic heterocycles. The smallest absolute Gasteiger partial charge is 0.264 e. The molecule has 3 N–H and O–H groups in total. The number of carbonyl (C=O) groups excluding carboxylic acids is 1. The molecule has 2 aromatic rings. The van der Waals surface area contributed by atoms with Gasteiger partial charge in [0.05, 0.1) is 12.8 Å². The first kappa shape index (κ1) is 21.5. The Kier molecular flexibility index (Phi) is 8.06. The van der Waals surface area contributed by atoms with Gasteiger partial charge in [0.1, 0.15) is 11.4 Å². The number of aromatic amines is 1. The van der Waals surface area contributed by atoms with Crippen molar-refractivity contribution in [3.05, 3.63) is 56.3 Å². The third kappa shape index (κ3) is 6.12. The Morgan fingerprint density at radius 2 is 2.04 bits per heavy atom. The molecule has 0 spiro atoms. The topological polar surface area (TPSA) is 99.5 Å². The zero-order valence-corrected chi connectivity index (χ0v) is 16.4. The average Bonchev–Trinajstić information content (AvgIpc) is 2.66. The molecule has 9 heteroatoms. The van der Waals surface area contributed by atoms with Gasteiger partial charge in [0.15, 0.2) is 4.77 Å². The standard InChI is InChI=1S/C19H23FN4O3S/c1-2-3-4-5-6-16(25)23-21-11-15-17(26)22-19(28)24(18(15)27)12-13-7-9-14(20)10-8-13/h7-11,27H,2-6,12H2,1H3,(H,23,25)(H,22,26,28)/b21-11+. The van der Waals surface area contributed by atoms with Gasteiger partial charge in [-0.1, -0.05) is 38.3 Å². The second-order valence-corrected chi connectivity index (χ2v) is 6.70. The van der Waals surface area contributed by atoms with Crippen molar-refractivity contribution in [1.29, 1.82) is 0 Å². The largest absolute Gasteiger partial charge is 0.494 e. The van der Waals surface area contributed by atoms with E-state index in [0.717, 1.165) is 31.9 Å². The van der Waals surface area contributed by atoms with Crippen molar-refractivity contribution in [2.24, 2.45) is 5.10 Å². The van der Waals surface area contributed by atoms with Crippen LogP contribution in [0.3, 0.4) is 0 Å². The number of nitrogens with one attached hydrogen (secondary N) is 2. The number of hydrogen-bond donors (Lipinski definition) is 3. The Morgan fingerprint density at radius 3 is 2.71 bits per heavy atom. The summed E-state index contributed by atoms with van der Waals surface area (Å²) >= 11 is 5.09. The van der Waals surface area contributed by atoms with Crippen molar-refractivity contribution < 1.29 is 14.3 Å². The van der Waals surface area contributed by atoms with E-state index in [-0.39, 0.29) is 34.5 Å². The summed E-state index contributed by atoms with van der Waals surface area (Å²) in [5.41, 5.74) is 2.26. The Balaban J connectivity index is 2.12. The molecular weight excluding hydrogens is 383 g/mol. The van der Waals surface area contributed by atoms with Crippen LogP contribution in [0.1, 0.15) is 50.2 Å². The van der Waals surface area contributed by atoms with E-state index in [0.29, 0.717) is 12.0 Å². The molecule has 0 saturated heterocycles. The number of carbonyl (C=O) groups is 1. The second-order valence-electron chi connectivity index (χ2n) is 6.31. The van der Waals surface area contributed by atoms with E-state index in [9.17, 15) is 19.1 Å². The second kappa shape index (κ2) is 10.5. The molecule has 0 fully saturated rings. The third-order valence-electron chi connectivity index (χ3n) is 4.10. The molecule has 0 radical (unpaired) electrons. The number of H-pyrrole nitrogens is 1. The Hall–Kier alpha value is -2.81. The minimum atomic E-state index is -0.626. The van der Waals surface area contributed by atoms with Crippen LogP contribution in [0.2, 0.25) is 0 Å². The van der Waals surface area contributed by atoms with Gasteiger partial charge in [0, 0.05) is 6.42 Å². The highest BCUT2D eigenvalue weighted by Gasteiger charge is 2.12. The predicted octanol–water partition coefficient (Wildman–Crippen LogP) is 3.22. The number of benzene rings is 1. The minimum Gasteiger partial charge on any atom is -0.494 e. The zero-order chi connectivity index (χ0) is 20.5. The highest BCUT2D eigenvalue weighted by atomic mass is 32.1. The SMILES string of the molecule is CCCCCCC(=O)N/N=C/c1c(O)n(Cc2ccc(F)cc2)c(=S)[nH]c1=O. The Morgan fingerprint density at radius 1 is 1.32 bits per heavy atom. The lowest BCUT2D eigenvalue weighted by Gasteiger charge is -2.11. The maximum atomic E-state index is 13.0. The normalized spacial score (nSPS) is 11.1. The average molecular weight is 406 g/mol. The fourth-order valence-corrected chi connectivity index (χ4v) is 2.79. The van der Waals surface area contributed by atoms with Crippen LogP contribution in [0.4, 0.5) is 4.39 Å². The molecule has 0 aliphatic rings. The molecule has 0 bridgehead atoms. The molecule has 1 aromatic heterocycles. The summed E-state index contributed by atoms with van der Waals surface area (Å²) in [6.07, 6.45) is 5.31. The lowest BCUT2D eigenvalue weighted by atomic mass is 10.1. The molecule has 0 aliphatic carbocycles. The van der Waals surface area contributed by atoms with Gasteiger partial charge in [-0.05, 0) is 36.3 Å². The highest BCUT2D eigenvalue weighted by Crippen LogP contribution is 2.14. The predicted molar refractivity (Wildman–Crippen MR) is 108 cm³/mol. The van der Waals surface area contributed by atoms with Crippen LogP contribution in [-0.4, -0.2) is 26.8 Å². The van der Waals surface area contributed by atoms with Crippen LogP contribution in [-0.2, 0) is 11.3 Å². The number of aromatic hydroxyl groups is 1. The van der Waals surface area contributed by atoms with Gasteiger partial charge in [0.2, 0.25) is 11.8 Å². The number of aromatic nitrogens is 2. The van der Waals surface area contributed by atoms with Gasteiger partial charge in [-0.15, -0.1) is 0 Å². The van der Waals surface area contributed by atoms with E-state index in [4.69, 9.17) is 12.2 Å². The number of amides is 1. The molecule has 1 heterocycles. The van der Waals surface area contributed by atoms with Crippen LogP contribution in [0.5, 0.6) is 5.88 Å². The molecule has 0 atom stereocenters. The van der Waals surface area contributed by atoms with Gasteiger partial charge in [-0.2, -0.15) is 5.10 Å². The number of rotatable bonds is 9. The molecule has 0 unspecified atom stereocenters. The van der Waals surface area contributed by atoms with Crippen LogP contribution in [0.25, 0.3) is 0 Å². The summed E-state index contributed by atoms with van der Waals surface area (Å²) in [7, 11) is 0. The van der Waals surface area contributed by atoms with E-state index in [1.54, 1.807) is 12.1 Å². The van der Waals surface area contributed by atoms with Crippen molar-refractivity contribution in [3.63, 3.8) is 0 Å². The molecular formula is C19H23FN4O3S. The van der Waals surface area contributed by atoms with E-state index in [1.807, 2.05) is 0 Å². The summed E-state index contributed by atoms with van der Waals surface area (Å²) < 4.78 is 14.4. The quantitative estimate of drug-likeness (QED) is 0.258. The minimum absolute atomic E-state index is 0.0175. The maximum absolute atomic E-state index is 13.0. The summed E-state index contributed by atoms with van der Waals surface area (Å²) in [4.78, 5) is 26.3. The number of halogens is 1. The molecule has 1 amide bonds. The molecule has 1 aromatic carbocycles. The van der Waals surface area contributed by atoms with Crippen molar-refractivity contribution in [3.8, 4) is 5.88 Å². The van der Waals surface area contributed by atoms with E-state index in [1.165, 1.54) is 16.7 Å². The molecule has 0 saturated carbocycles. The van der Waals surface area contributed by atoms with Gasteiger partial charge >= 0.3 is 0 Å². The maximum Gasteiger partial charge on any atom is 0.264 e. The Labute approximate surface area is 166 Å². The van der Waals surface area contributed by atoms with Crippen LogP contribution < -0.4 is 11.0 Å². The van der Waals surface area contributed by atoms with E-state index >= 15 is 0 Å². The first-order valence-electron chi connectivity index (χ1n) is 9.04. The fraction of sp³-hybridized carbons (Fsp3) is 0.368. The number of unbranched alkanes of at least 4 members (excludes halogenated alkanes) is 3. The number of hydrogen-bond acceptors (Lipinski definition) is 5. The van der Waals surface area contributed by atoms with Crippen molar-refractivity contribution in [2.45, 2.75) is 45.6 Å². The summed E-state index contributed by atoms with van der Waals surface area (Å²) in [5, 5.41) is 14.2. The number of hydrazone groups is 1. The first-order valence-corrected chi connectivity index (χ1v) is 9.45. The van der Waals surface area contributed by atoms with Crippen LogP contribution in [0, 0.1) is 10.6 Å². The molecule has 150 valence electrons. The Bertz CT molecular complexity index is 951. The third-order valence-corrected chi connectivity index (χ3v) is 4.42. The van der Waals surface area contributed by atoms with Crippen LogP contribution >= 0.6 is 12.2 Å². The summed E-state index contributed by atoms with van der Waals surface area (Å²) in [6.45, 7) is 2.22. The molecule has 28 heavy (non-hydrogen) atoms. The van der Waals surface area contributed by atoms with Crippen molar-refractivity contribution in [1.82, 2.24) is 15.0 Å². The lowest BCUT2D eigenvalue weighted by Crippen LogP contribution is -2.21. The van der Waals surface area contributed by atoms with Gasteiger partial charge in [-0.25, -0.2) is 9.82 Å². The highest BCUT2D eigenvalue weighted by molar-refractivity contribution is 7.71. The van der Waals surface area contributed by atoms with Gasteiger partial charge < -0.3 is 5.11 Å². The first-order chi connectivity index (χ1) is 13.4. The summed E-state index contributed by atoms with van der Waals surface area (Å²) in [5.74, 6) is -1.03. The van der Waals surface area contributed by atoms with E-state index < -0.39 is 5.56 Å². The van der Waals surface area contributed by atoms with Crippen molar-refractivity contribution >= 4 is 24.3 Å². The van der Waals surface area contributed by atoms with Gasteiger partial charge in [-0.3, -0.25) is 19.1 Å². The summed E-state index contributed by atoms with van der Waals surface area (Å²) in [6, 6.07) is 5.68. The van der Waals surface area contributed by atoms with Gasteiger partial charge in [0.25, 0.3) is 5.56 Å². The molecule has 7 nitrogen and oxygen atoms in total. The van der Waals surface area contributed by atoms with E-state index in [2.05, 4.69) is 22.4 Å². The fourth-order valence-electron chi connectivity index (χ4n) is 2.55. The lowest BCUT2D eigenvalue weighted by molar-refractivity contribution is -0.121.